The maximum Gasteiger partial charge on any atom is 0.407 e. The van der Waals surface area contributed by atoms with Gasteiger partial charge in [0, 0.05) is 23.1 Å². The lowest BCUT2D eigenvalue weighted by atomic mass is 9.90. The highest BCUT2D eigenvalue weighted by atomic mass is 32.2. The summed E-state index contributed by atoms with van der Waals surface area (Å²) in [5.74, 6) is 1.84. The van der Waals surface area contributed by atoms with E-state index in [4.69, 9.17) is 4.74 Å². The molecule has 1 heterocycles. The van der Waals surface area contributed by atoms with Crippen molar-refractivity contribution in [1.82, 2.24) is 10.6 Å². The minimum absolute atomic E-state index is 0.143. The van der Waals surface area contributed by atoms with Crippen molar-refractivity contribution < 1.29 is 19.4 Å². The van der Waals surface area contributed by atoms with Gasteiger partial charge < -0.3 is 20.5 Å². The molecule has 1 aliphatic heterocycles. The molecule has 0 bridgehead atoms. The third-order valence-electron chi connectivity index (χ3n) is 4.65. The van der Waals surface area contributed by atoms with Crippen LogP contribution in [0.5, 0.6) is 0 Å². The lowest BCUT2D eigenvalue weighted by molar-refractivity contribution is -0.120. The van der Waals surface area contributed by atoms with Gasteiger partial charge in [-0.2, -0.15) is 0 Å². The molecule has 4 atom stereocenters. The van der Waals surface area contributed by atoms with E-state index in [2.05, 4.69) is 17.2 Å². The van der Waals surface area contributed by atoms with Crippen molar-refractivity contribution in [2.75, 3.05) is 11.5 Å². The van der Waals surface area contributed by atoms with E-state index in [1.54, 1.807) is 0 Å². The monoisotopic (exact) mass is 428 g/mol. The van der Waals surface area contributed by atoms with Gasteiger partial charge in [-0.3, -0.25) is 4.79 Å². The van der Waals surface area contributed by atoms with Crippen molar-refractivity contribution in [2.45, 2.75) is 70.7 Å². The van der Waals surface area contributed by atoms with E-state index in [0.717, 1.165) is 11.5 Å². The van der Waals surface area contributed by atoms with E-state index in [1.807, 2.05) is 44.3 Å². The highest BCUT2D eigenvalue weighted by Gasteiger charge is 2.41. The molecule has 3 N–H and O–H groups in total. The number of amides is 2. The molecule has 0 radical (unpaired) electrons. The largest absolute Gasteiger partial charge is 0.444 e. The molecule has 8 heteroatoms. The van der Waals surface area contributed by atoms with Gasteiger partial charge in [0.1, 0.15) is 5.60 Å². The van der Waals surface area contributed by atoms with Crippen LogP contribution in [0.15, 0.2) is 22.5 Å². The first kappa shape index (κ1) is 23.2. The fourth-order valence-electron chi connectivity index (χ4n) is 3.55. The molecule has 2 amide bonds. The summed E-state index contributed by atoms with van der Waals surface area (Å²) in [6.07, 6.45) is 2.66. The van der Waals surface area contributed by atoms with Crippen LogP contribution in [-0.4, -0.2) is 52.4 Å². The minimum Gasteiger partial charge on any atom is -0.444 e. The van der Waals surface area contributed by atoms with E-state index in [0.29, 0.717) is 12.8 Å². The van der Waals surface area contributed by atoms with Crippen LogP contribution in [0.25, 0.3) is 0 Å². The molecule has 1 saturated heterocycles. The second-order valence-corrected chi connectivity index (χ2v) is 10.7. The predicted molar refractivity (Wildman–Crippen MR) is 116 cm³/mol. The van der Waals surface area contributed by atoms with Gasteiger partial charge in [0.2, 0.25) is 5.91 Å². The number of alkyl carbamates (subject to hydrolysis) is 1. The molecular weight excluding hydrogens is 396 g/mol. The third-order valence-corrected chi connectivity index (χ3v) is 7.45. The number of hydrogen-bond acceptors (Lipinski definition) is 6. The first-order chi connectivity index (χ1) is 13.1. The Morgan fingerprint density at radius 3 is 2.46 bits per heavy atom. The lowest BCUT2D eigenvalue weighted by Gasteiger charge is -2.32. The number of ether oxygens (including phenoxy) is 1. The van der Waals surface area contributed by atoms with Gasteiger partial charge in [-0.25, -0.2) is 4.79 Å². The van der Waals surface area contributed by atoms with E-state index in [1.165, 1.54) is 29.2 Å². The Morgan fingerprint density at radius 1 is 1.29 bits per heavy atom. The maximum atomic E-state index is 12.4. The van der Waals surface area contributed by atoms with Crippen LogP contribution in [0, 0.1) is 5.92 Å². The standard InChI is InChI=1S/C20H32N2O4S2/c1-6-16(24)17(21-12(2)23)14-10-13(18-27-8-7-9-28-18)11-15(14)22-19(25)26-20(3,4)5/h6,14-17,24H,1,7-11H2,2-5H3,(H,21,23)(H,22,25)/t14-,15-,16?,17?/m0/s1. The third kappa shape index (κ3) is 6.74. The summed E-state index contributed by atoms with van der Waals surface area (Å²) in [7, 11) is 0. The Bertz CT molecular complexity index is 622. The van der Waals surface area contributed by atoms with Gasteiger partial charge in [-0.05, 0) is 57.1 Å². The molecule has 0 spiro atoms. The van der Waals surface area contributed by atoms with Gasteiger partial charge in [-0.15, -0.1) is 30.1 Å². The molecular formula is C20H32N2O4S2. The molecule has 1 aliphatic carbocycles. The van der Waals surface area contributed by atoms with Crippen molar-refractivity contribution in [2.24, 2.45) is 5.92 Å². The minimum atomic E-state index is -0.896. The van der Waals surface area contributed by atoms with Gasteiger partial charge in [-0.1, -0.05) is 6.08 Å². The molecule has 2 aliphatic rings. The summed E-state index contributed by atoms with van der Waals surface area (Å²) in [4.78, 5) is 24.1. The molecule has 1 saturated carbocycles. The Labute approximate surface area is 176 Å². The van der Waals surface area contributed by atoms with Gasteiger partial charge in [0.05, 0.1) is 12.1 Å². The Morgan fingerprint density at radius 2 is 1.93 bits per heavy atom. The molecule has 6 nitrogen and oxygen atoms in total. The Kier molecular flexibility index (Phi) is 8.33. The fraction of sp³-hybridized carbons (Fsp3) is 0.700. The van der Waals surface area contributed by atoms with Crippen molar-refractivity contribution >= 4 is 35.5 Å². The highest BCUT2D eigenvalue weighted by molar-refractivity contribution is 8.22. The molecule has 0 aromatic rings. The zero-order valence-corrected chi connectivity index (χ0v) is 18.8. The predicted octanol–water partition coefficient (Wildman–Crippen LogP) is 3.42. The first-order valence-electron chi connectivity index (χ1n) is 9.65. The highest BCUT2D eigenvalue weighted by Crippen LogP contribution is 2.45. The van der Waals surface area contributed by atoms with E-state index in [9.17, 15) is 14.7 Å². The number of carbonyl (C=O) groups excluding carboxylic acids is 2. The van der Waals surface area contributed by atoms with E-state index >= 15 is 0 Å². The lowest BCUT2D eigenvalue weighted by Crippen LogP contribution is -2.53. The number of carbonyl (C=O) groups is 2. The fourth-order valence-corrected chi connectivity index (χ4v) is 6.26. The van der Waals surface area contributed by atoms with Gasteiger partial charge >= 0.3 is 6.09 Å². The summed E-state index contributed by atoms with van der Waals surface area (Å²) in [6.45, 7) is 10.6. The zero-order valence-electron chi connectivity index (χ0n) is 17.1. The summed E-state index contributed by atoms with van der Waals surface area (Å²) < 4.78 is 6.75. The summed E-state index contributed by atoms with van der Waals surface area (Å²) in [5.41, 5.74) is 0.694. The van der Waals surface area contributed by atoms with Crippen LogP contribution in [0.2, 0.25) is 0 Å². The second kappa shape index (κ2) is 10.1. The maximum absolute atomic E-state index is 12.4. The molecule has 0 aromatic heterocycles. The number of aliphatic hydroxyl groups excluding tert-OH is 1. The second-order valence-electron chi connectivity index (χ2n) is 8.22. The SMILES string of the molecule is C=CC(O)C(NC(C)=O)[C@H]1CC(=C2SCCCS2)C[C@@H]1NC(=O)OC(C)(C)C. The van der Waals surface area contributed by atoms with Crippen LogP contribution >= 0.6 is 23.5 Å². The van der Waals surface area contributed by atoms with Gasteiger partial charge in [0.25, 0.3) is 0 Å². The number of nitrogens with one attached hydrogen (secondary N) is 2. The van der Waals surface area contributed by atoms with Crippen LogP contribution in [0.3, 0.4) is 0 Å². The smallest absolute Gasteiger partial charge is 0.407 e. The van der Waals surface area contributed by atoms with Crippen LogP contribution in [0.4, 0.5) is 4.79 Å². The average molecular weight is 429 g/mol. The molecule has 2 fully saturated rings. The Hall–Kier alpha value is -1.12. The van der Waals surface area contributed by atoms with Crippen LogP contribution in [-0.2, 0) is 9.53 Å². The number of aliphatic hydroxyl groups is 1. The number of thioether (sulfide) groups is 2. The summed E-state index contributed by atoms with van der Waals surface area (Å²) >= 11 is 3.72. The molecule has 2 rings (SSSR count). The van der Waals surface area contributed by atoms with Crippen molar-refractivity contribution in [3.8, 4) is 0 Å². The Balaban J connectivity index is 2.26. The molecule has 0 aromatic carbocycles. The summed E-state index contributed by atoms with van der Waals surface area (Å²) in [6, 6.07) is -0.751. The number of hydrogen-bond donors (Lipinski definition) is 3. The van der Waals surface area contributed by atoms with Crippen LogP contribution in [0.1, 0.15) is 47.0 Å². The first-order valence-corrected chi connectivity index (χ1v) is 11.6. The van der Waals surface area contributed by atoms with Crippen molar-refractivity contribution in [3.05, 3.63) is 22.5 Å². The van der Waals surface area contributed by atoms with Crippen molar-refractivity contribution in [3.63, 3.8) is 0 Å². The molecule has 28 heavy (non-hydrogen) atoms. The van der Waals surface area contributed by atoms with E-state index in [-0.39, 0.29) is 17.9 Å². The average Bonchev–Trinajstić information content (AvgIpc) is 3.01. The van der Waals surface area contributed by atoms with Crippen LogP contribution < -0.4 is 10.6 Å². The zero-order chi connectivity index (χ0) is 20.9. The van der Waals surface area contributed by atoms with Gasteiger partial charge in [0.15, 0.2) is 0 Å². The molecule has 158 valence electrons. The number of rotatable bonds is 5. The molecule has 2 unspecified atom stereocenters. The quantitative estimate of drug-likeness (QED) is 0.582. The van der Waals surface area contributed by atoms with Crippen molar-refractivity contribution in [1.29, 1.82) is 0 Å². The topological polar surface area (TPSA) is 87.7 Å². The summed E-state index contributed by atoms with van der Waals surface area (Å²) in [5, 5.41) is 16.3. The van der Waals surface area contributed by atoms with E-state index < -0.39 is 23.8 Å². The normalized spacial score (nSPS) is 25.0.